The van der Waals surface area contributed by atoms with Crippen LogP contribution in [-0.2, 0) is 5.75 Å². The second-order valence-corrected chi connectivity index (χ2v) is 5.82. The van der Waals surface area contributed by atoms with Crippen molar-refractivity contribution in [3.63, 3.8) is 0 Å². The monoisotopic (exact) mass is 350 g/mol. The van der Waals surface area contributed by atoms with Gasteiger partial charge in [-0.25, -0.2) is 9.37 Å². The van der Waals surface area contributed by atoms with E-state index in [1.54, 1.807) is 24.0 Å². The molecule has 0 saturated carbocycles. The van der Waals surface area contributed by atoms with E-state index in [9.17, 15) is 4.39 Å². The lowest BCUT2D eigenvalue weighted by atomic mass is 10.1. The van der Waals surface area contributed by atoms with E-state index < -0.39 is 0 Å². The lowest BCUT2D eigenvalue weighted by Gasteiger charge is -2.05. The Balaban J connectivity index is 2.14. The van der Waals surface area contributed by atoms with Gasteiger partial charge in [-0.1, -0.05) is 17.9 Å². The number of hydrogen-bond acceptors (Lipinski definition) is 3. The summed E-state index contributed by atoms with van der Waals surface area (Å²) in [6, 6.07) is 8.51. The van der Waals surface area contributed by atoms with Crippen molar-refractivity contribution < 1.29 is 4.39 Å². The third-order valence-electron chi connectivity index (χ3n) is 2.47. The number of hydrogen-bond donors (Lipinski definition) is 1. The first-order valence-electron chi connectivity index (χ1n) is 5.91. The van der Waals surface area contributed by atoms with Crippen LogP contribution in [-0.4, -0.2) is 11.5 Å². The molecule has 2 N–H and O–H groups in total. The van der Waals surface area contributed by atoms with Gasteiger partial charge < -0.3 is 5.73 Å². The molecule has 0 saturated heterocycles. The summed E-state index contributed by atoms with van der Waals surface area (Å²) in [6.07, 6.45) is 1.75. The largest absolute Gasteiger partial charge is 0.320 e. The molecule has 0 unspecified atom stereocenters. The fourth-order valence-electron chi connectivity index (χ4n) is 1.54. The van der Waals surface area contributed by atoms with E-state index in [4.69, 9.17) is 5.73 Å². The fourth-order valence-corrected chi connectivity index (χ4v) is 2.62. The van der Waals surface area contributed by atoms with Crippen LogP contribution in [0.4, 0.5) is 4.39 Å². The zero-order valence-electron chi connectivity index (χ0n) is 10.6. The van der Waals surface area contributed by atoms with Crippen molar-refractivity contribution in [3.8, 4) is 11.8 Å². The first-order valence-corrected chi connectivity index (χ1v) is 7.68. The molecule has 0 radical (unpaired) electrons. The van der Waals surface area contributed by atoms with Crippen molar-refractivity contribution in [2.75, 3.05) is 6.54 Å². The predicted molar refractivity (Wildman–Crippen MR) is 83.8 cm³/mol. The fraction of sp³-hybridized carbons (Fsp3) is 0.133. The molecule has 102 valence electrons. The van der Waals surface area contributed by atoms with E-state index in [2.05, 4.69) is 32.8 Å². The van der Waals surface area contributed by atoms with Crippen molar-refractivity contribution in [1.29, 1.82) is 0 Å². The van der Waals surface area contributed by atoms with Gasteiger partial charge in [-0.05, 0) is 45.8 Å². The summed E-state index contributed by atoms with van der Waals surface area (Å²) < 4.78 is 14.2. The van der Waals surface area contributed by atoms with Crippen LogP contribution in [0.25, 0.3) is 0 Å². The Bertz CT molecular complexity index is 647. The lowest BCUT2D eigenvalue weighted by Crippen LogP contribution is -1.95. The zero-order chi connectivity index (χ0) is 14.4. The summed E-state index contributed by atoms with van der Waals surface area (Å²) in [7, 11) is 0. The summed E-state index contributed by atoms with van der Waals surface area (Å²) in [5, 5.41) is 0.912. The zero-order valence-corrected chi connectivity index (χ0v) is 13.0. The van der Waals surface area contributed by atoms with Crippen molar-refractivity contribution >= 4 is 27.7 Å². The van der Waals surface area contributed by atoms with E-state index in [1.165, 1.54) is 12.1 Å². The SMILES string of the molecule is NCC#Cc1cc(F)ccc1CSc1ccc(Br)cn1. The highest BCUT2D eigenvalue weighted by Gasteiger charge is 2.04. The molecular weight excluding hydrogens is 339 g/mol. The molecule has 5 heteroatoms. The number of rotatable bonds is 3. The summed E-state index contributed by atoms with van der Waals surface area (Å²) >= 11 is 4.93. The Kier molecular flexibility index (Phi) is 5.60. The van der Waals surface area contributed by atoms with Crippen LogP contribution in [0.2, 0.25) is 0 Å². The molecule has 0 aliphatic carbocycles. The van der Waals surface area contributed by atoms with Gasteiger partial charge in [-0.15, -0.1) is 11.8 Å². The van der Waals surface area contributed by atoms with Gasteiger partial charge in [0.05, 0.1) is 11.6 Å². The van der Waals surface area contributed by atoms with E-state index >= 15 is 0 Å². The quantitative estimate of drug-likeness (QED) is 0.679. The highest BCUT2D eigenvalue weighted by atomic mass is 79.9. The van der Waals surface area contributed by atoms with Gasteiger partial charge in [0.2, 0.25) is 0 Å². The number of nitrogens with zero attached hydrogens (tertiary/aromatic N) is 1. The summed E-state index contributed by atoms with van der Waals surface area (Å²) in [5.74, 6) is 6.05. The van der Waals surface area contributed by atoms with Crippen LogP contribution in [0.1, 0.15) is 11.1 Å². The minimum atomic E-state index is -0.290. The maximum atomic E-state index is 13.3. The Labute approximate surface area is 130 Å². The highest BCUT2D eigenvalue weighted by Crippen LogP contribution is 2.24. The molecule has 0 atom stereocenters. The maximum absolute atomic E-state index is 13.3. The van der Waals surface area contributed by atoms with Crippen LogP contribution in [0.5, 0.6) is 0 Å². The average molecular weight is 351 g/mol. The molecule has 0 fully saturated rings. The number of nitrogens with two attached hydrogens (primary N) is 1. The van der Waals surface area contributed by atoms with Gasteiger partial charge in [0.1, 0.15) is 5.82 Å². The molecule has 2 aromatic rings. The molecule has 1 heterocycles. The molecule has 1 aromatic heterocycles. The van der Waals surface area contributed by atoms with E-state index in [0.717, 1.165) is 15.1 Å². The Hall–Kier alpha value is -1.35. The summed E-state index contributed by atoms with van der Waals surface area (Å²) in [5.41, 5.74) is 7.01. The van der Waals surface area contributed by atoms with Crippen LogP contribution in [0.15, 0.2) is 46.0 Å². The van der Waals surface area contributed by atoms with Gasteiger partial charge in [0.15, 0.2) is 0 Å². The van der Waals surface area contributed by atoms with Crippen molar-refractivity contribution in [2.24, 2.45) is 5.73 Å². The molecule has 2 rings (SSSR count). The molecule has 0 aliphatic rings. The predicted octanol–water partition coefficient (Wildman–Crippen LogP) is 3.59. The average Bonchev–Trinajstić information content (AvgIpc) is 2.46. The van der Waals surface area contributed by atoms with E-state index in [1.807, 2.05) is 12.1 Å². The number of thioether (sulfide) groups is 1. The van der Waals surface area contributed by atoms with Crippen LogP contribution in [0, 0.1) is 17.7 Å². The number of benzene rings is 1. The molecule has 0 amide bonds. The van der Waals surface area contributed by atoms with Crippen LogP contribution >= 0.6 is 27.7 Å². The normalized spacial score (nSPS) is 9.95. The Morgan fingerprint density at radius 1 is 1.30 bits per heavy atom. The van der Waals surface area contributed by atoms with E-state index in [0.29, 0.717) is 11.3 Å². The minimum Gasteiger partial charge on any atom is -0.320 e. The van der Waals surface area contributed by atoms with Gasteiger partial charge >= 0.3 is 0 Å². The number of aromatic nitrogens is 1. The molecule has 0 bridgehead atoms. The van der Waals surface area contributed by atoms with Gasteiger partial charge in [0, 0.05) is 22.0 Å². The second kappa shape index (κ2) is 7.44. The minimum absolute atomic E-state index is 0.261. The molecule has 20 heavy (non-hydrogen) atoms. The van der Waals surface area contributed by atoms with Crippen LogP contribution < -0.4 is 5.73 Å². The molecule has 2 nitrogen and oxygen atoms in total. The van der Waals surface area contributed by atoms with Gasteiger partial charge in [-0.2, -0.15) is 0 Å². The van der Waals surface area contributed by atoms with E-state index in [-0.39, 0.29) is 12.4 Å². The van der Waals surface area contributed by atoms with Crippen molar-refractivity contribution in [1.82, 2.24) is 4.98 Å². The van der Waals surface area contributed by atoms with Gasteiger partial charge in [-0.3, -0.25) is 0 Å². The van der Waals surface area contributed by atoms with Crippen molar-refractivity contribution in [2.45, 2.75) is 10.8 Å². The maximum Gasteiger partial charge on any atom is 0.124 e. The number of pyridine rings is 1. The Morgan fingerprint density at radius 3 is 2.85 bits per heavy atom. The smallest absolute Gasteiger partial charge is 0.124 e. The molecular formula is C15H12BrFN2S. The summed E-state index contributed by atoms with van der Waals surface area (Å²) in [4.78, 5) is 4.29. The topological polar surface area (TPSA) is 38.9 Å². The van der Waals surface area contributed by atoms with Crippen molar-refractivity contribution in [3.05, 3.63) is 57.9 Å². The standard InChI is InChI=1S/C15H12BrFN2S/c16-13-4-6-15(19-9-13)20-10-12-3-5-14(17)8-11(12)2-1-7-18/h3-6,8-9H,7,10,18H2. The van der Waals surface area contributed by atoms with Crippen LogP contribution in [0.3, 0.4) is 0 Å². The molecule has 0 spiro atoms. The van der Waals surface area contributed by atoms with Gasteiger partial charge in [0.25, 0.3) is 0 Å². The molecule has 1 aromatic carbocycles. The molecule has 0 aliphatic heterocycles. The third-order valence-corrected chi connectivity index (χ3v) is 3.93. The Morgan fingerprint density at radius 2 is 2.15 bits per heavy atom. The number of halogens is 2. The first-order chi connectivity index (χ1) is 9.69. The third kappa shape index (κ3) is 4.34. The summed E-state index contributed by atoms with van der Waals surface area (Å²) in [6.45, 7) is 0.261. The highest BCUT2D eigenvalue weighted by molar-refractivity contribution is 9.10. The second-order valence-electron chi connectivity index (χ2n) is 3.91. The first kappa shape index (κ1) is 15.0. The lowest BCUT2D eigenvalue weighted by molar-refractivity contribution is 0.627.